The molecule has 5 nitrogen and oxygen atoms in total. The third kappa shape index (κ3) is 4.66. The first-order valence-electron chi connectivity index (χ1n) is 8.16. The Hall–Kier alpha value is -0.650. The Balaban J connectivity index is 2.85. The van der Waals surface area contributed by atoms with Crippen molar-refractivity contribution in [2.45, 2.75) is 45.2 Å². The Labute approximate surface area is 130 Å². The van der Waals surface area contributed by atoms with E-state index in [1.165, 1.54) is 0 Å². The van der Waals surface area contributed by atoms with Gasteiger partial charge in [0.2, 0.25) is 0 Å². The highest BCUT2D eigenvalue weighted by Crippen LogP contribution is 2.41. The van der Waals surface area contributed by atoms with Crippen LogP contribution in [0.15, 0.2) is 0 Å². The van der Waals surface area contributed by atoms with Gasteiger partial charge in [-0.2, -0.15) is 0 Å². The largest absolute Gasteiger partial charge is 0.465 e. The molecule has 2 unspecified atom stereocenters. The second kappa shape index (κ2) is 8.11. The number of carbonyl (C=O) groups is 1. The van der Waals surface area contributed by atoms with Crippen molar-refractivity contribution in [3.05, 3.63) is 0 Å². The minimum Gasteiger partial charge on any atom is -0.465 e. The lowest BCUT2D eigenvalue weighted by atomic mass is 9.91. The fourth-order valence-corrected chi connectivity index (χ4v) is 3.13. The van der Waals surface area contributed by atoms with Gasteiger partial charge in [0, 0.05) is 19.1 Å². The molecule has 5 heteroatoms. The van der Waals surface area contributed by atoms with Crippen LogP contribution in [0.1, 0.15) is 33.6 Å². The van der Waals surface area contributed by atoms with Crippen LogP contribution in [0.3, 0.4) is 0 Å². The standard InChI is InChI=1S/C16H33N3O2/c1-7-19(13(3)11-18(5)6)12-16(17-4,14-9-10-14)15(20)21-8-2/h13-14,17H,7-12H2,1-6H3. The highest BCUT2D eigenvalue weighted by atomic mass is 16.5. The molecule has 0 amide bonds. The Bertz CT molecular complexity index is 331. The highest BCUT2D eigenvalue weighted by Gasteiger charge is 2.52. The van der Waals surface area contributed by atoms with Gasteiger partial charge in [-0.15, -0.1) is 0 Å². The van der Waals surface area contributed by atoms with Crippen molar-refractivity contribution in [1.82, 2.24) is 15.1 Å². The molecule has 124 valence electrons. The molecule has 0 aromatic carbocycles. The topological polar surface area (TPSA) is 44.8 Å². The SMILES string of the molecule is CCOC(=O)C(CN(CC)C(C)CN(C)C)(NC)C1CC1. The van der Waals surface area contributed by atoms with Gasteiger partial charge >= 0.3 is 5.97 Å². The maximum atomic E-state index is 12.6. The average Bonchev–Trinajstić information content (AvgIpc) is 3.24. The number of hydrogen-bond donors (Lipinski definition) is 1. The third-order valence-electron chi connectivity index (χ3n) is 4.47. The molecule has 0 aromatic heterocycles. The van der Waals surface area contributed by atoms with Crippen molar-refractivity contribution >= 4 is 5.97 Å². The maximum Gasteiger partial charge on any atom is 0.327 e. The van der Waals surface area contributed by atoms with Crippen molar-refractivity contribution in [3.8, 4) is 0 Å². The predicted octanol–water partition coefficient (Wildman–Crippen LogP) is 1.19. The van der Waals surface area contributed by atoms with Gasteiger partial charge in [-0.25, -0.2) is 4.79 Å². The minimum absolute atomic E-state index is 0.0921. The molecule has 1 saturated carbocycles. The lowest BCUT2D eigenvalue weighted by molar-refractivity contribution is -0.153. The number of esters is 1. The van der Waals surface area contributed by atoms with E-state index in [0.717, 1.165) is 32.5 Å². The normalized spacial score (nSPS) is 19.6. The summed E-state index contributed by atoms with van der Waals surface area (Å²) in [6, 6.07) is 0.408. The molecular formula is C16H33N3O2. The summed E-state index contributed by atoms with van der Waals surface area (Å²) < 4.78 is 5.37. The van der Waals surface area contributed by atoms with Gasteiger partial charge in [-0.3, -0.25) is 4.90 Å². The zero-order chi connectivity index (χ0) is 16.0. The van der Waals surface area contributed by atoms with Crippen LogP contribution >= 0.6 is 0 Å². The molecule has 0 radical (unpaired) electrons. The Morgan fingerprint density at radius 3 is 2.38 bits per heavy atom. The lowest BCUT2D eigenvalue weighted by Crippen LogP contribution is -2.61. The lowest BCUT2D eigenvalue weighted by Gasteiger charge is -2.39. The van der Waals surface area contributed by atoms with Crippen LogP contribution in [0, 0.1) is 5.92 Å². The molecule has 2 atom stereocenters. The van der Waals surface area contributed by atoms with Crippen LogP contribution in [0.4, 0.5) is 0 Å². The van der Waals surface area contributed by atoms with Crippen LogP contribution < -0.4 is 5.32 Å². The Morgan fingerprint density at radius 1 is 1.38 bits per heavy atom. The number of nitrogens with zero attached hydrogens (tertiary/aromatic N) is 2. The van der Waals surface area contributed by atoms with E-state index in [1.807, 2.05) is 14.0 Å². The monoisotopic (exact) mass is 299 g/mol. The molecule has 0 saturated heterocycles. The van der Waals surface area contributed by atoms with Gasteiger partial charge in [0.05, 0.1) is 6.61 Å². The molecule has 0 heterocycles. The minimum atomic E-state index is -0.549. The van der Waals surface area contributed by atoms with Crippen LogP contribution in [0.25, 0.3) is 0 Å². The first-order valence-corrected chi connectivity index (χ1v) is 8.16. The van der Waals surface area contributed by atoms with Crippen molar-refractivity contribution in [3.63, 3.8) is 0 Å². The fraction of sp³-hybridized carbons (Fsp3) is 0.938. The quantitative estimate of drug-likeness (QED) is 0.614. The highest BCUT2D eigenvalue weighted by molar-refractivity contribution is 5.82. The second-order valence-electron chi connectivity index (χ2n) is 6.39. The van der Waals surface area contributed by atoms with Crippen molar-refractivity contribution < 1.29 is 9.53 Å². The van der Waals surface area contributed by atoms with E-state index in [0.29, 0.717) is 18.6 Å². The van der Waals surface area contributed by atoms with Gasteiger partial charge in [0.15, 0.2) is 0 Å². The van der Waals surface area contributed by atoms with Gasteiger partial charge in [-0.05, 0) is 60.3 Å². The number of carbonyl (C=O) groups excluding carboxylic acids is 1. The molecule has 1 rings (SSSR count). The zero-order valence-corrected chi connectivity index (χ0v) is 14.6. The number of hydrogen-bond acceptors (Lipinski definition) is 5. The van der Waals surface area contributed by atoms with Gasteiger partial charge < -0.3 is 15.0 Å². The van der Waals surface area contributed by atoms with Crippen LogP contribution in [-0.4, -0.2) is 74.7 Å². The average molecular weight is 299 g/mol. The molecule has 1 aliphatic carbocycles. The summed E-state index contributed by atoms with van der Waals surface area (Å²) in [4.78, 5) is 17.1. The van der Waals surface area contributed by atoms with Gasteiger partial charge in [0.1, 0.15) is 5.54 Å². The number of likely N-dealkylation sites (N-methyl/N-ethyl adjacent to an activating group) is 3. The Morgan fingerprint density at radius 2 is 2.00 bits per heavy atom. The van der Waals surface area contributed by atoms with Gasteiger partial charge in [0.25, 0.3) is 0 Å². The molecular weight excluding hydrogens is 266 g/mol. The molecule has 0 bridgehead atoms. The van der Waals surface area contributed by atoms with Crippen molar-refractivity contribution in [2.24, 2.45) is 5.92 Å². The van der Waals surface area contributed by atoms with Gasteiger partial charge in [-0.1, -0.05) is 6.92 Å². The van der Waals surface area contributed by atoms with Crippen molar-refractivity contribution in [2.75, 3.05) is 47.4 Å². The summed E-state index contributed by atoms with van der Waals surface area (Å²) in [7, 11) is 6.06. The molecule has 0 spiro atoms. The maximum absolute atomic E-state index is 12.6. The molecule has 0 aromatic rings. The number of rotatable bonds is 10. The van der Waals surface area contributed by atoms with Crippen LogP contribution in [0.5, 0.6) is 0 Å². The number of ether oxygens (including phenoxy) is 1. The summed E-state index contributed by atoms with van der Waals surface area (Å²) in [6.07, 6.45) is 2.22. The van der Waals surface area contributed by atoms with Crippen LogP contribution in [-0.2, 0) is 9.53 Å². The smallest absolute Gasteiger partial charge is 0.327 e. The first-order chi connectivity index (χ1) is 9.91. The summed E-state index contributed by atoms with van der Waals surface area (Å²) >= 11 is 0. The summed E-state index contributed by atoms with van der Waals surface area (Å²) in [5.74, 6) is 0.313. The third-order valence-corrected chi connectivity index (χ3v) is 4.47. The predicted molar refractivity (Wildman–Crippen MR) is 86.4 cm³/mol. The van der Waals surface area contributed by atoms with E-state index in [4.69, 9.17) is 4.74 Å². The Kier molecular flexibility index (Phi) is 7.10. The van der Waals surface area contributed by atoms with E-state index in [2.05, 4.69) is 43.1 Å². The molecule has 0 aliphatic heterocycles. The fourth-order valence-electron chi connectivity index (χ4n) is 3.13. The van der Waals surface area contributed by atoms with E-state index in [9.17, 15) is 4.79 Å². The summed E-state index contributed by atoms with van der Waals surface area (Å²) in [6.45, 7) is 9.34. The van der Waals surface area contributed by atoms with Crippen molar-refractivity contribution in [1.29, 1.82) is 0 Å². The number of nitrogens with one attached hydrogen (secondary N) is 1. The molecule has 21 heavy (non-hydrogen) atoms. The molecule has 1 aliphatic rings. The molecule has 1 N–H and O–H groups in total. The summed E-state index contributed by atoms with van der Waals surface area (Å²) in [5.41, 5.74) is -0.549. The first kappa shape index (κ1) is 18.4. The van der Waals surface area contributed by atoms with E-state index in [1.54, 1.807) is 0 Å². The van der Waals surface area contributed by atoms with E-state index in [-0.39, 0.29) is 5.97 Å². The van der Waals surface area contributed by atoms with Crippen LogP contribution in [0.2, 0.25) is 0 Å². The molecule has 1 fully saturated rings. The summed E-state index contributed by atoms with van der Waals surface area (Å²) in [5, 5.41) is 3.31. The second-order valence-corrected chi connectivity index (χ2v) is 6.39. The zero-order valence-electron chi connectivity index (χ0n) is 14.6. The van der Waals surface area contributed by atoms with E-state index >= 15 is 0 Å². The van der Waals surface area contributed by atoms with E-state index < -0.39 is 5.54 Å².